The summed E-state index contributed by atoms with van der Waals surface area (Å²) in [6, 6.07) is 4.72. The fraction of sp³-hybridized carbons (Fsp3) is 0.353. The number of hydrogen-bond acceptors (Lipinski definition) is 5. The molecule has 26 heavy (non-hydrogen) atoms. The van der Waals surface area contributed by atoms with Crippen LogP contribution in [0.15, 0.2) is 36.8 Å². The first-order valence-corrected chi connectivity index (χ1v) is 8.46. The second-order valence-electron chi connectivity index (χ2n) is 6.22. The molecule has 0 fully saturated rings. The van der Waals surface area contributed by atoms with Crippen molar-refractivity contribution in [1.82, 2.24) is 34.7 Å². The van der Waals surface area contributed by atoms with Gasteiger partial charge in [-0.1, -0.05) is 5.21 Å². The number of carbonyl (C=O) groups is 1. The van der Waals surface area contributed by atoms with E-state index in [4.69, 9.17) is 0 Å². The van der Waals surface area contributed by atoms with Crippen LogP contribution in [0.2, 0.25) is 0 Å². The van der Waals surface area contributed by atoms with Crippen LogP contribution in [0.5, 0.6) is 0 Å². The van der Waals surface area contributed by atoms with Crippen molar-refractivity contribution >= 4 is 5.91 Å². The molecule has 1 amide bonds. The topological polar surface area (TPSA) is 81.7 Å². The van der Waals surface area contributed by atoms with E-state index in [-0.39, 0.29) is 12.3 Å². The minimum Gasteiger partial charge on any atom is -0.336 e. The lowest BCUT2D eigenvalue weighted by molar-refractivity contribution is -0.131. The minimum absolute atomic E-state index is 0.0382. The van der Waals surface area contributed by atoms with E-state index in [2.05, 4.69) is 20.4 Å². The molecule has 0 aromatic carbocycles. The van der Waals surface area contributed by atoms with Crippen LogP contribution >= 0.6 is 0 Å². The van der Waals surface area contributed by atoms with Gasteiger partial charge in [0.25, 0.3) is 0 Å². The molecule has 9 heteroatoms. The largest absolute Gasteiger partial charge is 0.336 e. The average molecular weight is 355 g/mol. The summed E-state index contributed by atoms with van der Waals surface area (Å²) in [7, 11) is 0. The van der Waals surface area contributed by atoms with Crippen LogP contribution in [0.25, 0.3) is 0 Å². The normalized spacial score (nSPS) is 14.1. The Hall–Kier alpha value is -3.10. The molecule has 1 aliphatic heterocycles. The van der Waals surface area contributed by atoms with Crippen molar-refractivity contribution in [3.8, 4) is 0 Å². The van der Waals surface area contributed by atoms with Gasteiger partial charge in [-0.2, -0.15) is 5.10 Å². The molecule has 8 nitrogen and oxygen atoms in total. The predicted octanol–water partition coefficient (Wildman–Crippen LogP) is 1.03. The number of aryl methyl sites for hydroxylation is 1. The van der Waals surface area contributed by atoms with Gasteiger partial charge < -0.3 is 4.90 Å². The van der Waals surface area contributed by atoms with Crippen molar-refractivity contribution in [2.75, 3.05) is 6.54 Å². The first-order valence-electron chi connectivity index (χ1n) is 8.46. The number of aromatic nitrogens is 6. The minimum atomic E-state index is -0.408. The number of fused-ring (bicyclic) bond motifs is 1. The number of rotatable bonds is 4. The van der Waals surface area contributed by atoms with Crippen molar-refractivity contribution in [2.45, 2.75) is 32.5 Å². The lowest BCUT2D eigenvalue weighted by Gasteiger charge is -2.20. The van der Waals surface area contributed by atoms with Crippen LogP contribution in [0.1, 0.15) is 23.5 Å². The van der Waals surface area contributed by atoms with Crippen LogP contribution in [-0.4, -0.2) is 47.1 Å². The van der Waals surface area contributed by atoms with Crippen molar-refractivity contribution in [3.63, 3.8) is 0 Å². The number of nitrogens with zero attached hydrogens (tertiary/aromatic N) is 7. The third-order valence-corrected chi connectivity index (χ3v) is 4.40. The van der Waals surface area contributed by atoms with E-state index in [1.807, 2.05) is 16.9 Å². The molecule has 0 saturated carbocycles. The summed E-state index contributed by atoms with van der Waals surface area (Å²) in [4.78, 5) is 18.5. The van der Waals surface area contributed by atoms with Gasteiger partial charge in [0.15, 0.2) is 0 Å². The Morgan fingerprint density at radius 1 is 1.27 bits per heavy atom. The summed E-state index contributed by atoms with van der Waals surface area (Å²) in [5.74, 6) is -0.446. The monoisotopic (exact) mass is 355 g/mol. The molecule has 0 saturated heterocycles. The van der Waals surface area contributed by atoms with E-state index < -0.39 is 5.82 Å². The SMILES string of the molecule is O=C(Cc1ccc(F)cn1)N1CCCn2nnc(Cn3cccn3)c2C1. The van der Waals surface area contributed by atoms with Gasteiger partial charge in [0, 0.05) is 31.2 Å². The standard InChI is InChI=1S/C17H18FN7O/c18-13-3-4-14(19-10-13)9-17(26)23-6-2-8-25-16(12-23)15(21-22-25)11-24-7-1-5-20-24/h1,3-5,7,10H,2,6,8-9,11-12H2. The molecule has 0 spiro atoms. The Morgan fingerprint density at radius 2 is 2.19 bits per heavy atom. The van der Waals surface area contributed by atoms with Crippen molar-refractivity contribution in [1.29, 1.82) is 0 Å². The third-order valence-electron chi connectivity index (χ3n) is 4.40. The van der Waals surface area contributed by atoms with Crippen LogP contribution in [0.3, 0.4) is 0 Å². The first-order chi connectivity index (χ1) is 12.7. The van der Waals surface area contributed by atoms with E-state index in [0.717, 1.165) is 30.6 Å². The summed E-state index contributed by atoms with van der Waals surface area (Å²) >= 11 is 0. The highest BCUT2D eigenvalue weighted by molar-refractivity contribution is 5.78. The zero-order chi connectivity index (χ0) is 17.9. The highest BCUT2D eigenvalue weighted by Crippen LogP contribution is 2.16. The van der Waals surface area contributed by atoms with Crippen molar-refractivity contribution < 1.29 is 9.18 Å². The molecular weight excluding hydrogens is 337 g/mol. The number of hydrogen-bond donors (Lipinski definition) is 0. The maximum Gasteiger partial charge on any atom is 0.228 e. The van der Waals surface area contributed by atoms with Gasteiger partial charge in [-0.25, -0.2) is 9.07 Å². The molecule has 1 aliphatic rings. The Morgan fingerprint density at radius 3 is 2.96 bits per heavy atom. The molecule has 0 N–H and O–H groups in total. The molecule has 0 bridgehead atoms. The Bertz CT molecular complexity index is 888. The summed E-state index contributed by atoms with van der Waals surface area (Å²) < 4.78 is 16.6. The highest BCUT2D eigenvalue weighted by atomic mass is 19.1. The lowest BCUT2D eigenvalue weighted by atomic mass is 10.2. The second-order valence-corrected chi connectivity index (χ2v) is 6.22. The second kappa shape index (κ2) is 7.03. The zero-order valence-electron chi connectivity index (χ0n) is 14.1. The van der Waals surface area contributed by atoms with Crippen LogP contribution in [-0.2, 0) is 30.8 Å². The van der Waals surface area contributed by atoms with Crippen molar-refractivity contribution in [3.05, 3.63) is 59.7 Å². The molecule has 3 aromatic rings. The molecular formula is C17H18FN7O. The summed E-state index contributed by atoms with van der Waals surface area (Å²) in [5, 5.41) is 12.7. The average Bonchev–Trinajstić information content (AvgIpc) is 3.22. The fourth-order valence-electron chi connectivity index (χ4n) is 3.05. The van der Waals surface area contributed by atoms with E-state index in [1.165, 1.54) is 6.07 Å². The Kier molecular flexibility index (Phi) is 4.42. The quantitative estimate of drug-likeness (QED) is 0.698. The van der Waals surface area contributed by atoms with E-state index >= 15 is 0 Å². The molecule has 134 valence electrons. The van der Waals surface area contributed by atoms with Crippen LogP contribution in [0.4, 0.5) is 4.39 Å². The summed E-state index contributed by atoms with van der Waals surface area (Å²) in [5.41, 5.74) is 2.30. The van der Waals surface area contributed by atoms with Gasteiger partial charge in [0.05, 0.1) is 31.4 Å². The molecule has 4 heterocycles. The van der Waals surface area contributed by atoms with E-state index in [1.54, 1.807) is 21.8 Å². The third kappa shape index (κ3) is 3.46. The number of halogens is 1. The molecule has 3 aromatic heterocycles. The smallest absolute Gasteiger partial charge is 0.228 e. The van der Waals surface area contributed by atoms with E-state index in [9.17, 15) is 9.18 Å². The fourth-order valence-corrected chi connectivity index (χ4v) is 3.05. The maximum absolute atomic E-state index is 13.0. The summed E-state index contributed by atoms with van der Waals surface area (Å²) in [6.45, 7) is 2.33. The van der Waals surface area contributed by atoms with Gasteiger partial charge in [-0.05, 0) is 24.6 Å². The van der Waals surface area contributed by atoms with Gasteiger partial charge in [-0.3, -0.25) is 14.5 Å². The first kappa shape index (κ1) is 16.4. The number of amides is 1. The molecule has 0 radical (unpaired) electrons. The van der Waals surface area contributed by atoms with Gasteiger partial charge in [0.2, 0.25) is 5.91 Å². The van der Waals surface area contributed by atoms with Gasteiger partial charge >= 0.3 is 0 Å². The van der Waals surface area contributed by atoms with Crippen molar-refractivity contribution in [2.24, 2.45) is 0 Å². The van der Waals surface area contributed by atoms with Crippen LogP contribution in [0, 0.1) is 5.82 Å². The van der Waals surface area contributed by atoms with Gasteiger partial charge in [0.1, 0.15) is 11.5 Å². The zero-order valence-corrected chi connectivity index (χ0v) is 14.1. The van der Waals surface area contributed by atoms with E-state index in [0.29, 0.717) is 25.3 Å². The molecule has 0 atom stereocenters. The molecule has 0 aliphatic carbocycles. The lowest BCUT2D eigenvalue weighted by Crippen LogP contribution is -2.32. The molecule has 4 rings (SSSR count). The predicted molar refractivity (Wildman–Crippen MR) is 89.3 cm³/mol. The Labute approximate surface area is 149 Å². The van der Waals surface area contributed by atoms with Crippen LogP contribution < -0.4 is 0 Å². The van der Waals surface area contributed by atoms with Gasteiger partial charge in [-0.15, -0.1) is 5.10 Å². The number of pyridine rings is 1. The maximum atomic E-state index is 13.0. The molecule has 0 unspecified atom stereocenters. The highest BCUT2D eigenvalue weighted by Gasteiger charge is 2.23. The number of carbonyl (C=O) groups excluding carboxylic acids is 1. The summed E-state index contributed by atoms with van der Waals surface area (Å²) in [6.07, 6.45) is 5.67. The Balaban J connectivity index is 1.50.